The zero-order valence-electron chi connectivity index (χ0n) is 9.18. The molecule has 0 spiro atoms. The van der Waals surface area contributed by atoms with Crippen LogP contribution in [0.25, 0.3) is 0 Å². The standard InChI is InChI=1S/C13H9BrCl2FN/c14-11-5-9(15)2-1-8(11)7-18-13-6-10(17)3-4-12(13)16/h1-6,18H,7H2. The van der Waals surface area contributed by atoms with E-state index in [2.05, 4.69) is 21.2 Å². The fourth-order valence-corrected chi connectivity index (χ4v) is 2.50. The van der Waals surface area contributed by atoms with Gasteiger partial charge in [-0.25, -0.2) is 4.39 Å². The molecule has 1 nitrogen and oxygen atoms in total. The zero-order chi connectivity index (χ0) is 13.1. The SMILES string of the molecule is Fc1ccc(Cl)c(NCc2ccc(Cl)cc2Br)c1. The maximum Gasteiger partial charge on any atom is 0.125 e. The van der Waals surface area contributed by atoms with Crippen LogP contribution in [0.3, 0.4) is 0 Å². The second kappa shape index (κ2) is 5.91. The second-order valence-corrected chi connectivity index (χ2v) is 5.41. The molecule has 5 heteroatoms. The van der Waals surface area contributed by atoms with Gasteiger partial charge in [0.2, 0.25) is 0 Å². The molecule has 0 fully saturated rings. The zero-order valence-corrected chi connectivity index (χ0v) is 12.3. The Morgan fingerprint density at radius 1 is 1.11 bits per heavy atom. The average molecular weight is 349 g/mol. The average Bonchev–Trinajstić information content (AvgIpc) is 2.32. The number of hydrogen-bond acceptors (Lipinski definition) is 1. The van der Waals surface area contributed by atoms with Crippen LogP contribution in [0.2, 0.25) is 10.0 Å². The fraction of sp³-hybridized carbons (Fsp3) is 0.0769. The fourth-order valence-electron chi connectivity index (χ4n) is 1.49. The van der Waals surface area contributed by atoms with Gasteiger partial charge in [0.15, 0.2) is 0 Å². The van der Waals surface area contributed by atoms with Crippen LogP contribution in [-0.2, 0) is 6.54 Å². The smallest absolute Gasteiger partial charge is 0.125 e. The molecule has 2 aromatic rings. The summed E-state index contributed by atoms with van der Waals surface area (Å²) in [6.45, 7) is 0.529. The third-order valence-corrected chi connectivity index (χ3v) is 3.72. The summed E-state index contributed by atoms with van der Waals surface area (Å²) in [7, 11) is 0. The highest BCUT2D eigenvalue weighted by atomic mass is 79.9. The number of benzene rings is 2. The molecule has 2 aromatic carbocycles. The molecule has 0 saturated carbocycles. The topological polar surface area (TPSA) is 12.0 Å². The second-order valence-electron chi connectivity index (χ2n) is 3.71. The van der Waals surface area contributed by atoms with Gasteiger partial charge < -0.3 is 5.32 Å². The number of nitrogens with one attached hydrogen (secondary N) is 1. The van der Waals surface area contributed by atoms with Crippen molar-refractivity contribution in [2.45, 2.75) is 6.54 Å². The Kier molecular flexibility index (Phi) is 4.49. The Labute approximate surface area is 123 Å². The van der Waals surface area contributed by atoms with Gasteiger partial charge in [-0.2, -0.15) is 0 Å². The normalized spacial score (nSPS) is 10.4. The van der Waals surface area contributed by atoms with Crippen LogP contribution in [0.1, 0.15) is 5.56 Å². The van der Waals surface area contributed by atoms with Crippen molar-refractivity contribution in [3.63, 3.8) is 0 Å². The van der Waals surface area contributed by atoms with Gasteiger partial charge >= 0.3 is 0 Å². The Bertz CT molecular complexity index is 575. The molecule has 0 unspecified atom stereocenters. The van der Waals surface area contributed by atoms with Gasteiger partial charge in [-0.1, -0.05) is 45.2 Å². The number of halogens is 4. The molecule has 0 amide bonds. The molecular formula is C13H9BrCl2FN. The quantitative estimate of drug-likeness (QED) is 0.771. The molecule has 94 valence electrons. The molecule has 0 bridgehead atoms. The predicted molar refractivity (Wildman–Crippen MR) is 77.9 cm³/mol. The third-order valence-electron chi connectivity index (χ3n) is 2.41. The van der Waals surface area contributed by atoms with Crippen molar-refractivity contribution in [1.82, 2.24) is 0 Å². The molecule has 0 aliphatic rings. The first-order valence-corrected chi connectivity index (χ1v) is 6.74. The summed E-state index contributed by atoms with van der Waals surface area (Å²) in [5.74, 6) is -0.322. The van der Waals surface area contributed by atoms with Crippen LogP contribution in [0.5, 0.6) is 0 Å². The Balaban J connectivity index is 2.13. The summed E-state index contributed by atoms with van der Waals surface area (Å²) < 4.78 is 14.0. The highest BCUT2D eigenvalue weighted by molar-refractivity contribution is 9.10. The first-order chi connectivity index (χ1) is 8.56. The molecule has 0 heterocycles. The Hall–Kier alpha value is -0.770. The van der Waals surface area contributed by atoms with Crippen LogP contribution >= 0.6 is 39.1 Å². The molecule has 0 saturated heterocycles. The highest BCUT2D eigenvalue weighted by Gasteiger charge is 2.04. The van der Waals surface area contributed by atoms with Crippen molar-refractivity contribution in [2.75, 3.05) is 5.32 Å². The van der Waals surface area contributed by atoms with E-state index in [1.54, 1.807) is 6.07 Å². The van der Waals surface area contributed by atoms with E-state index in [-0.39, 0.29) is 5.82 Å². The van der Waals surface area contributed by atoms with Crippen LogP contribution in [0, 0.1) is 5.82 Å². The maximum absolute atomic E-state index is 13.1. The van der Waals surface area contributed by atoms with E-state index in [1.165, 1.54) is 18.2 Å². The lowest BCUT2D eigenvalue weighted by Crippen LogP contribution is -2.01. The van der Waals surface area contributed by atoms with Gasteiger partial charge in [0, 0.05) is 16.0 Å². The summed E-state index contributed by atoms with van der Waals surface area (Å²) in [6, 6.07) is 9.73. The van der Waals surface area contributed by atoms with E-state index in [0.29, 0.717) is 22.3 Å². The predicted octanol–water partition coefficient (Wildman–Crippen LogP) is 5.51. The molecule has 0 atom stereocenters. The van der Waals surface area contributed by atoms with E-state index in [9.17, 15) is 4.39 Å². The third kappa shape index (κ3) is 3.37. The number of rotatable bonds is 3. The van der Waals surface area contributed by atoms with Gasteiger partial charge in [-0.15, -0.1) is 0 Å². The van der Waals surface area contributed by atoms with E-state index < -0.39 is 0 Å². The summed E-state index contributed by atoms with van der Waals surface area (Å²) in [5.41, 5.74) is 1.58. The molecule has 2 rings (SSSR count). The van der Waals surface area contributed by atoms with E-state index >= 15 is 0 Å². The van der Waals surface area contributed by atoms with Crippen LogP contribution in [0.15, 0.2) is 40.9 Å². The van der Waals surface area contributed by atoms with E-state index in [4.69, 9.17) is 23.2 Å². The first-order valence-electron chi connectivity index (χ1n) is 5.19. The maximum atomic E-state index is 13.1. The van der Waals surface area contributed by atoms with Crippen molar-refractivity contribution in [3.05, 3.63) is 62.3 Å². The number of anilines is 1. The monoisotopic (exact) mass is 347 g/mol. The molecule has 18 heavy (non-hydrogen) atoms. The van der Waals surface area contributed by atoms with Crippen molar-refractivity contribution < 1.29 is 4.39 Å². The van der Waals surface area contributed by atoms with Gasteiger partial charge in [-0.3, -0.25) is 0 Å². The lowest BCUT2D eigenvalue weighted by Gasteiger charge is -2.10. The summed E-state index contributed by atoms with van der Waals surface area (Å²) >= 11 is 15.2. The van der Waals surface area contributed by atoms with Crippen molar-refractivity contribution in [3.8, 4) is 0 Å². The van der Waals surface area contributed by atoms with E-state index in [0.717, 1.165) is 10.0 Å². The van der Waals surface area contributed by atoms with Crippen LogP contribution in [-0.4, -0.2) is 0 Å². The largest absolute Gasteiger partial charge is 0.380 e. The summed E-state index contributed by atoms with van der Waals surface area (Å²) in [4.78, 5) is 0. The van der Waals surface area contributed by atoms with Gasteiger partial charge in [0.05, 0.1) is 10.7 Å². The molecular weight excluding hydrogens is 340 g/mol. The molecule has 0 radical (unpaired) electrons. The Morgan fingerprint density at radius 2 is 1.89 bits per heavy atom. The lowest BCUT2D eigenvalue weighted by molar-refractivity contribution is 0.628. The van der Waals surface area contributed by atoms with Gasteiger partial charge in [0.1, 0.15) is 5.82 Å². The van der Waals surface area contributed by atoms with Gasteiger partial charge in [0.25, 0.3) is 0 Å². The minimum Gasteiger partial charge on any atom is -0.380 e. The molecule has 0 aromatic heterocycles. The minimum absolute atomic E-state index is 0.322. The van der Waals surface area contributed by atoms with Crippen molar-refractivity contribution in [1.29, 1.82) is 0 Å². The van der Waals surface area contributed by atoms with Crippen LogP contribution < -0.4 is 5.32 Å². The Morgan fingerprint density at radius 3 is 2.61 bits per heavy atom. The molecule has 0 aliphatic carbocycles. The minimum atomic E-state index is -0.322. The van der Waals surface area contributed by atoms with Crippen LogP contribution in [0.4, 0.5) is 10.1 Å². The molecule has 0 aliphatic heterocycles. The highest BCUT2D eigenvalue weighted by Crippen LogP contribution is 2.25. The van der Waals surface area contributed by atoms with E-state index in [1.807, 2.05) is 12.1 Å². The molecule has 1 N–H and O–H groups in total. The number of hydrogen-bond donors (Lipinski definition) is 1. The summed E-state index contributed by atoms with van der Waals surface area (Å²) in [5, 5.41) is 4.23. The lowest BCUT2D eigenvalue weighted by atomic mass is 10.2. The van der Waals surface area contributed by atoms with Crippen molar-refractivity contribution >= 4 is 44.8 Å². The first kappa shape index (κ1) is 13.7. The van der Waals surface area contributed by atoms with Gasteiger partial charge in [-0.05, 0) is 35.9 Å². The van der Waals surface area contributed by atoms with Crippen molar-refractivity contribution in [2.24, 2.45) is 0 Å². The summed E-state index contributed by atoms with van der Waals surface area (Å²) in [6.07, 6.45) is 0.